The molecule has 1 aromatic rings. The molecule has 4 nitrogen and oxygen atoms in total. The maximum atomic E-state index is 12.2. The van der Waals surface area contributed by atoms with E-state index < -0.39 is 10.0 Å². The van der Waals surface area contributed by atoms with Gasteiger partial charge in [-0.3, -0.25) is 0 Å². The van der Waals surface area contributed by atoms with Crippen molar-refractivity contribution in [3.63, 3.8) is 0 Å². The molecule has 1 aromatic carbocycles. The summed E-state index contributed by atoms with van der Waals surface area (Å²) in [4.78, 5) is 0.348. The minimum atomic E-state index is -3.38. The predicted octanol–water partition coefficient (Wildman–Crippen LogP) is 2.05. The van der Waals surface area contributed by atoms with Crippen molar-refractivity contribution in [2.45, 2.75) is 43.9 Å². The molecule has 2 rings (SSSR count). The van der Waals surface area contributed by atoms with Crippen LogP contribution in [0.15, 0.2) is 29.2 Å². The largest absolute Gasteiger partial charge is 0.330 e. The highest BCUT2D eigenvalue weighted by Crippen LogP contribution is 2.48. The lowest BCUT2D eigenvalue weighted by molar-refractivity contribution is 0.475. The van der Waals surface area contributed by atoms with Crippen LogP contribution in [-0.4, -0.2) is 21.5 Å². The topological polar surface area (TPSA) is 72.2 Å². The Morgan fingerprint density at radius 3 is 2.40 bits per heavy atom. The van der Waals surface area contributed by atoms with E-state index in [1.807, 2.05) is 12.1 Å². The van der Waals surface area contributed by atoms with Crippen molar-refractivity contribution in [1.29, 1.82) is 0 Å². The predicted molar refractivity (Wildman–Crippen MR) is 81.0 cm³/mol. The van der Waals surface area contributed by atoms with Gasteiger partial charge in [-0.2, -0.15) is 0 Å². The molecule has 0 spiro atoms. The molecule has 0 heterocycles. The van der Waals surface area contributed by atoms with Gasteiger partial charge in [0.05, 0.1) is 4.90 Å². The zero-order valence-electron chi connectivity index (χ0n) is 12.1. The van der Waals surface area contributed by atoms with Gasteiger partial charge in [-0.25, -0.2) is 13.1 Å². The second-order valence-corrected chi connectivity index (χ2v) is 7.48. The minimum absolute atomic E-state index is 0.216. The SMILES string of the molecule is CCC1(CNS(=O)(=O)c2ccc(CCCN)cc2)CC1. The van der Waals surface area contributed by atoms with Gasteiger partial charge in [0.15, 0.2) is 0 Å². The van der Waals surface area contributed by atoms with Gasteiger partial charge in [0.2, 0.25) is 10.0 Å². The van der Waals surface area contributed by atoms with E-state index in [0.29, 0.717) is 18.0 Å². The number of sulfonamides is 1. The Morgan fingerprint density at radius 1 is 1.25 bits per heavy atom. The van der Waals surface area contributed by atoms with Crippen LogP contribution in [0, 0.1) is 5.41 Å². The first kappa shape index (κ1) is 15.5. The first-order chi connectivity index (χ1) is 9.51. The molecule has 112 valence electrons. The lowest BCUT2D eigenvalue weighted by atomic mass is 10.1. The van der Waals surface area contributed by atoms with Crippen molar-refractivity contribution >= 4 is 10.0 Å². The third-order valence-electron chi connectivity index (χ3n) is 4.25. The van der Waals surface area contributed by atoms with E-state index in [-0.39, 0.29) is 5.41 Å². The highest BCUT2D eigenvalue weighted by molar-refractivity contribution is 7.89. The van der Waals surface area contributed by atoms with E-state index in [1.165, 1.54) is 0 Å². The fourth-order valence-corrected chi connectivity index (χ4v) is 3.46. The highest BCUT2D eigenvalue weighted by Gasteiger charge is 2.41. The van der Waals surface area contributed by atoms with Gasteiger partial charge < -0.3 is 5.73 Å². The summed E-state index contributed by atoms with van der Waals surface area (Å²) in [6, 6.07) is 7.10. The number of rotatable bonds is 8. The molecule has 1 fully saturated rings. The molecule has 0 unspecified atom stereocenters. The normalized spacial score (nSPS) is 17.1. The van der Waals surface area contributed by atoms with E-state index in [9.17, 15) is 8.42 Å². The van der Waals surface area contributed by atoms with Crippen LogP contribution in [0.2, 0.25) is 0 Å². The molecule has 0 bridgehead atoms. The average Bonchev–Trinajstić information content (AvgIpc) is 3.24. The van der Waals surface area contributed by atoms with E-state index >= 15 is 0 Å². The van der Waals surface area contributed by atoms with Crippen molar-refractivity contribution in [2.24, 2.45) is 11.1 Å². The molecule has 0 amide bonds. The number of benzene rings is 1. The van der Waals surface area contributed by atoms with E-state index in [2.05, 4.69) is 11.6 Å². The third kappa shape index (κ3) is 3.81. The summed E-state index contributed by atoms with van der Waals surface area (Å²) < 4.78 is 27.2. The maximum absolute atomic E-state index is 12.2. The number of hydrogen-bond acceptors (Lipinski definition) is 3. The minimum Gasteiger partial charge on any atom is -0.330 e. The molecule has 0 atom stereocenters. The third-order valence-corrected chi connectivity index (χ3v) is 5.66. The molecule has 1 aliphatic carbocycles. The van der Waals surface area contributed by atoms with Crippen LogP contribution >= 0.6 is 0 Å². The summed E-state index contributed by atoms with van der Waals surface area (Å²) in [5, 5.41) is 0. The molecule has 0 aliphatic heterocycles. The first-order valence-electron chi connectivity index (χ1n) is 7.30. The van der Waals surface area contributed by atoms with Crippen LogP contribution in [0.3, 0.4) is 0 Å². The van der Waals surface area contributed by atoms with Gasteiger partial charge in [0, 0.05) is 6.54 Å². The van der Waals surface area contributed by atoms with Crippen LogP contribution < -0.4 is 10.5 Å². The standard InChI is InChI=1S/C15H24N2O2S/c1-2-15(9-10-15)12-17-20(18,19)14-7-5-13(6-8-14)4-3-11-16/h5-8,17H,2-4,9-12,16H2,1H3. The van der Waals surface area contributed by atoms with Gasteiger partial charge in [-0.05, 0) is 61.8 Å². The number of aryl methyl sites for hydroxylation is 1. The Kier molecular flexibility index (Phi) is 4.83. The summed E-state index contributed by atoms with van der Waals surface area (Å²) >= 11 is 0. The number of nitrogens with one attached hydrogen (secondary N) is 1. The van der Waals surface area contributed by atoms with E-state index in [4.69, 9.17) is 5.73 Å². The first-order valence-corrected chi connectivity index (χ1v) is 8.78. The molecular weight excluding hydrogens is 272 g/mol. The van der Waals surface area contributed by atoms with Crippen molar-refractivity contribution in [3.05, 3.63) is 29.8 Å². The van der Waals surface area contributed by atoms with Crippen molar-refractivity contribution < 1.29 is 8.42 Å². The fraction of sp³-hybridized carbons (Fsp3) is 0.600. The van der Waals surface area contributed by atoms with Crippen LogP contribution in [0.1, 0.15) is 38.2 Å². The van der Waals surface area contributed by atoms with Crippen LogP contribution in [0.25, 0.3) is 0 Å². The second-order valence-electron chi connectivity index (χ2n) is 5.71. The number of hydrogen-bond donors (Lipinski definition) is 2. The van der Waals surface area contributed by atoms with Crippen LogP contribution in [0.4, 0.5) is 0 Å². The summed E-state index contributed by atoms with van der Waals surface area (Å²) in [6.45, 7) is 3.33. The molecule has 1 aliphatic rings. The van der Waals surface area contributed by atoms with Crippen LogP contribution in [-0.2, 0) is 16.4 Å². The van der Waals surface area contributed by atoms with Gasteiger partial charge in [-0.1, -0.05) is 19.1 Å². The Hall–Kier alpha value is -0.910. The Balaban J connectivity index is 1.98. The number of nitrogens with two attached hydrogens (primary N) is 1. The van der Waals surface area contributed by atoms with E-state index in [0.717, 1.165) is 37.7 Å². The van der Waals surface area contributed by atoms with Crippen LogP contribution in [0.5, 0.6) is 0 Å². The summed E-state index contributed by atoms with van der Waals surface area (Å²) in [5.41, 5.74) is 6.81. The lowest BCUT2D eigenvalue weighted by Crippen LogP contribution is -2.30. The molecule has 3 N–H and O–H groups in total. The average molecular weight is 296 g/mol. The zero-order chi connectivity index (χ0) is 14.6. The van der Waals surface area contributed by atoms with Gasteiger partial charge >= 0.3 is 0 Å². The maximum Gasteiger partial charge on any atom is 0.240 e. The highest BCUT2D eigenvalue weighted by atomic mass is 32.2. The van der Waals surface area contributed by atoms with Crippen molar-refractivity contribution in [3.8, 4) is 0 Å². The molecular formula is C15H24N2O2S. The van der Waals surface area contributed by atoms with Gasteiger partial charge in [0.1, 0.15) is 0 Å². The molecule has 5 heteroatoms. The van der Waals surface area contributed by atoms with Crippen molar-refractivity contribution in [1.82, 2.24) is 4.72 Å². The Morgan fingerprint density at radius 2 is 1.90 bits per heavy atom. The molecule has 0 saturated heterocycles. The summed E-state index contributed by atoms with van der Waals surface area (Å²) in [7, 11) is -3.38. The smallest absolute Gasteiger partial charge is 0.240 e. The van der Waals surface area contributed by atoms with Crippen molar-refractivity contribution in [2.75, 3.05) is 13.1 Å². The summed E-state index contributed by atoms with van der Waals surface area (Å²) in [6.07, 6.45) is 5.11. The fourth-order valence-electron chi connectivity index (χ4n) is 2.31. The van der Waals surface area contributed by atoms with Gasteiger partial charge in [0.25, 0.3) is 0 Å². The zero-order valence-corrected chi connectivity index (χ0v) is 12.9. The summed E-state index contributed by atoms with van der Waals surface area (Å²) in [5.74, 6) is 0. The Labute approximate surface area is 121 Å². The molecule has 1 saturated carbocycles. The molecule has 0 radical (unpaired) electrons. The quantitative estimate of drug-likeness (QED) is 0.771. The Bertz CT molecular complexity index is 533. The van der Waals surface area contributed by atoms with Gasteiger partial charge in [-0.15, -0.1) is 0 Å². The molecule has 20 heavy (non-hydrogen) atoms. The lowest BCUT2D eigenvalue weighted by Gasteiger charge is -2.14. The molecule has 0 aromatic heterocycles. The second kappa shape index (κ2) is 6.24. The van der Waals surface area contributed by atoms with E-state index in [1.54, 1.807) is 12.1 Å². The monoisotopic (exact) mass is 296 g/mol.